The van der Waals surface area contributed by atoms with E-state index in [1.165, 1.54) is 0 Å². The lowest BCUT2D eigenvalue weighted by Crippen LogP contribution is -2.35. The van der Waals surface area contributed by atoms with Crippen molar-refractivity contribution in [2.75, 3.05) is 5.32 Å². The van der Waals surface area contributed by atoms with E-state index < -0.39 is 0 Å². The average molecular weight is 377 g/mol. The van der Waals surface area contributed by atoms with Crippen molar-refractivity contribution < 1.29 is 19.1 Å². The molecule has 1 N–H and O–H groups in total. The summed E-state index contributed by atoms with van der Waals surface area (Å²) in [6, 6.07) is 13.4. The predicted molar refractivity (Wildman–Crippen MR) is 104 cm³/mol. The van der Waals surface area contributed by atoms with Gasteiger partial charge in [0.25, 0.3) is 0 Å². The zero-order valence-electron chi connectivity index (χ0n) is 16.0. The number of carbonyl (C=O) groups is 2. The van der Waals surface area contributed by atoms with Crippen LogP contribution in [0.1, 0.15) is 24.0 Å². The van der Waals surface area contributed by atoms with Gasteiger partial charge in [0.15, 0.2) is 0 Å². The summed E-state index contributed by atoms with van der Waals surface area (Å²) in [5.41, 5.74) is 3.01. The van der Waals surface area contributed by atoms with Crippen molar-refractivity contribution >= 4 is 17.6 Å². The van der Waals surface area contributed by atoms with Crippen molar-refractivity contribution in [1.82, 2.24) is 0 Å². The van der Waals surface area contributed by atoms with Crippen LogP contribution >= 0.6 is 0 Å². The van der Waals surface area contributed by atoms with E-state index in [1.54, 1.807) is 0 Å². The predicted octanol–water partition coefficient (Wildman–Crippen LogP) is 4.23. The Hall–Kier alpha value is -2.82. The highest BCUT2D eigenvalue weighted by atomic mass is 16.6. The molecule has 2 aromatic carbocycles. The number of nitrogens with one attached hydrogen (secondary N) is 1. The highest BCUT2D eigenvalue weighted by Crippen LogP contribution is 2.57. The molecule has 0 unspecified atom stereocenters. The van der Waals surface area contributed by atoms with Crippen LogP contribution in [-0.4, -0.2) is 18.0 Å². The molecule has 5 nitrogen and oxygen atoms in total. The molecule has 5 atom stereocenters. The lowest BCUT2D eigenvalue weighted by molar-refractivity contribution is -0.145. The van der Waals surface area contributed by atoms with E-state index in [0.29, 0.717) is 11.4 Å². The first-order valence-corrected chi connectivity index (χ1v) is 9.85. The lowest BCUT2D eigenvalue weighted by atomic mass is 9.79. The molecule has 3 fully saturated rings. The molecule has 5 heteroatoms. The smallest absolute Gasteiger partial charge is 0.310 e. The molecule has 1 amide bonds. The number of ether oxygens (including phenoxy) is 2. The number of hydrogen-bond donors (Lipinski definition) is 1. The van der Waals surface area contributed by atoms with Gasteiger partial charge in [-0.1, -0.05) is 6.07 Å². The van der Waals surface area contributed by atoms with Crippen LogP contribution in [0.15, 0.2) is 42.5 Å². The quantitative estimate of drug-likeness (QED) is 0.810. The fourth-order valence-corrected chi connectivity index (χ4v) is 5.32. The van der Waals surface area contributed by atoms with Gasteiger partial charge < -0.3 is 14.8 Å². The van der Waals surface area contributed by atoms with Crippen LogP contribution in [0.25, 0.3) is 0 Å². The molecule has 1 saturated heterocycles. The van der Waals surface area contributed by atoms with E-state index in [-0.39, 0.29) is 41.7 Å². The molecule has 3 aliphatic rings. The first kappa shape index (κ1) is 17.3. The number of anilines is 1. The van der Waals surface area contributed by atoms with Gasteiger partial charge in [-0.3, -0.25) is 9.59 Å². The maximum Gasteiger partial charge on any atom is 0.310 e. The summed E-state index contributed by atoms with van der Waals surface area (Å²) in [5.74, 6) is 1.24. The fraction of sp³-hybridized carbons (Fsp3) is 0.391. The number of fused-ring (bicyclic) bond motifs is 1. The van der Waals surface area contributed by atoms with E-state index in [1.807, 2.05) is 50.2 Å². The van der Waals surface area contributed by atoms with E-state index in [0.717, 1.165) is 29.7 Å². The van der Waals surface area contributed by atoms with Crippen LogP contribution in [-0.2, 0) is 14.3 Å². The molecule has 0 aromatic heterocycles. The first-order chi connectivity index (χ1) is 13.5. The topological polar surface area (TPSA) is 64.6 Å². The molecular formula is C23H23NO4. The number of hydrogen-bond acceptors (Lipinski definition) is 4. The van der Waals surface area contributed by atoms with Gasteiger partial charge in [0.2, 0.25) is 5.91 Å². The number of carbonyl (C=O) groups excluding carboxylic acids is 2. The summed E-state index contributed by atoms with van der Waals surface area (Å²) < 4.78 is 11.3. The summed E-state index contributed by atoms with van der Waals surface area (Å²) in [6.07, 6.45) is 1.81. The third-order valence-corrected chi connectivity index (χ3v) is 6.34. The molecule has 0 spiro atoms. The Morgan fingerprint density at radius 3 is 2.46 bits per heavy atom. The van der Waals surface area contributed by atoms with Gasteiger partial charge >= 0.3 is 5.97 Å². The summed E-state index contributed by atoms with van der Waals surface area (Å²) in [6.45, 7) is 4.08. The Morgan fingerprint density at radius 1 is 1.04 bits per heavy atom. The van der Waals surface area contributed by atoms with Crippen molar-refractivity contribution in [3.8, 4) is 11.5 Å². The Bertz CT molecular complexity index is 929. The van der Waals surface area contributed by atoms with Crippen molar-refractivity contribution in [2.45, 2.75) is 32.8 Å². The monoisotopic (exact) mass is 377 g/mol. The van der Waals surface area contributed by atoms with Crippen LogP contribution in [0.3, 0.4) is 0 Å². The Balaban J connectivity index is 1.26. The molecule has 0 radical (unpaired) electrons. The van der Waals surface area contributed by atoms with Gasteiger partial charge in [-0.25, -0.2) is 0 Å². The molecular weight excluding hydrogens is 354 g/mol. The van der Waals surface area contributed by atoms with Crippen LogP contribution in [0, 0.1) is 37.5 Å². The van der Waals surface area contributed by atoms with Gasteiger partial charge in [0.05, 0.1) is 11.8 Å². The standard InChI is InChI=1S/C23H23NO4/c1-12-7-13(2)9-17(8-12)27-16-5-3-15(4-6-16)24-22(25)20-14-10-18-19(11-14)28-23(26)21(18)20/h3-9,14,18-21H,10-11H2,1-2H3,(H,24,25)/t14-,18+,19-,20+,21+/m1/s1. The minimum atomic E-state index is -0.262. The van der Waals surface area contributed by atoms with Crippen LogP contribution in [0.5, 0.6) is 11.5 Å². The summed E-state index contributed by atoms with van der Waals surface area (Å²) >= 11 is 0. The number of aryl methyl sites for hydroxylation is 2. The summed E-state index contributed by atoms with van der Waals surface area (Å²) in [4.78, 5) is 24.9. The first-order valence-electron chi connectivity index (χ1n) is 9.85. The molecule has 2 aliphatic carbocycles. The normalized spacial score (nSPS) is 29.6. The van der Waals surface area contributed by atoms with Gasteiger partial charge in [0, 0.05) is 11.6 Å². The maximum absolute atomic E-state index is 12.8. The van der Waals surface area contributed by atoms with Crippen LogP contribution in [0.2, 0.25) is 0 Å². The molecule has 2 bridgehead atoms. The Morgan fingerprint density at radius 2 is 1.75 bits per heavy atom. The molecule has 28 heavy (non-hydrogen) atoms. The van der Waals surface area contributed by atoms with Gasteiger partial charge in [-0.2, -0.15) is 0 Å². The molecule has 5 rings (SSSR count). The van der Waals surface area contributed by atoms with Crippen LogP contribution < -0.4 is 10.1 Å². The molecule has 1 aliphatic heterocycles. The highest BCUT2D eigenvalue weighted by molar-refractivity contribution is 5.97. The summed E-state index contributed by atoms with van der Waals surface area (Å²) in [7, 11) is 0. The van der Waals surface area contributed by atoms with E-state index in [9.17, 15) is 9.59 Å². The second-order valence-electron chi connectivity index (χ2n) is 8.36. The van der Waals surface area contributed by atoms with Crippen LogP contribution in [0.4, 0.5) is 5.69 Å². The minimum Gasteiger partial charge on any atom is -0.462 e. The average Bonchev–Trinajstić information content (AvgIpc) is 3.25. The van der Waals surface area contributed by atoms with Gasteiger partial charge in [-0.15, -0.1) is 0 Å². The van der Waals surface area contributed by atoms with Gasteiger partial charge in [0.1, 0.15) is 17.6 Å². The number of amides is 1. The third-order valence-electron chi connectivity index (χ3n) is 6.34. The van der Waals surface area contributed by atoms with Crippen molar-refractivity contribution in [3.05, 3.63) is 53.6 Å². The SMILES string of the molecule is Cc1cc(C)cc(Oc2ccc(NC(=O)[C@H]3[C@@H]4C[C@@H]5[C@@H]3C(=O)O[C@@H]5C4)cc2)c1. The zero-order chi connectivity index (χ0) is 19.4. The second-order valence-corrected chi connectivity index (χ2v) is 8.36. The number of esters is 1. The van der Waals surface area contributed by atoms with Crippen molar-refractivity contribution in [3.63, 3.8) is 0 Å². The number of rotatable bonds is 4. The Kier molecular flexibility index (Phi) is 3.93. The van der Waals surface area contributed by atoms with Crippen molar-refractivity contribution in [1.29, 1.82) is 0 Å². The third kappa shape index (κ3) is 2.86. The van der Waals surface area contributed by atoms with Gasteiger partial charge in [-0.05, 0) is 80.1 Å². The lowest BCUT2D eigenvalue weighted by Gasteiger charge is -2.23. The highest BCUT2D eigenvalue weighted by Gasteiger charge is 2.63. The van der Waals surface area contributed by atoms with E-state index in [4.69, 9.17) is 9.47 Å². The second kappa shape index (κ2) is 6.36. The molecule has 2 aromatic rings. The fourth-order valence-electron chi connectivity index (χ4n) is 5.32. The summed E-state index contributed by atoms with van der Waals surface area (Å²) in [5, 5.41) is 2.98. The van der Waals surface area contributed by atoms with E-state index >= 15 is 0 Å². The maximum atomic E-state index is 12.8. The Labute approximate surface area is 164 Å². The molecule has 1 heterocycles. The van der Waals surface area contributed by atoms with E-state index in [2.05, 4.69) is 11.4 Å². The minimum absolute atomic E-state index is 0.0493. The number of benzene rings is 2. The largest absolute Gasteiger partial charge is 0.462 e. The zero-order valence-corrected chi connectivity index (χ0v) is 16.0. The molecule has 144 valence electrons. The molecule has 2 saturated carbocycles. The van der Waals surface area contributed by atoms with Crippen molar-refractivity contribution in [2.24, 2.45) is 23.7 Å².